The minimum Gasteiger partial charge on any atom is -0.464 e. The zero-order chi connectivity index (χ0) is 13.7. The Morgan fingerprint density at radius 1 is 1.44 bits per heavy atom. The molecule has 18 heavy (non-hydrogen) atoms. The highest BCUT2D eigenvalue weighted by Gasteiger charge is 2.27. The number of aliphatic hydroxyl groups excluding tert-OH is 1. The van der Waals surface area contributed by atoms with Gasteiger partial charge in [-0.1, -0.05) is 6.07 Å². The zero-order valence-electron chi connectivity index (χ0n) is 10.1. The van der Waals surface area contributed by atoms with E-state index >= 15 is 0 Å². The number of carbonyl (C=O) groups excluding carboxylic acids is 1. The minimum atomic E-state index is -1.98. The minimum absolute atomic E-state index is 0.0108. The van der Waals surface area contributed by atoms with Crippen molar-refractivity contribution < 1.29 is 28.2 Å². The van der Waals surface area contributed by atoms with Gasteiger partial charge in [0, 0.05) is 12.7 Å². The highest BCUT2D eigenvalue weighted by atomic mass is 19.1. The number of esters is 1. The second-order valence-electron chi connectivity index (χ2n) is 3.52. The summed E-state index contributed by atoms with van der Waals surface area (Å²) in [6.45, 7) is 1.45. The summed E-state index contributed by atoms with van der Waals surface area (Å²) in [4.78, 5) is 11.3. The largest absolute Gasteiger partial charge is 0.464 e. The van der Waals surface area contributed by atoms with Crippen LogP contribution >= 0.6 is 0 Å². The van der Waals surface area contributed by atoms with Crippen molar-refractivity contribution in [3.8, 4) is 0 Å². The lowest BCUT2D eigenvalue weighted by Crippen LogP contribution is -2.19. The summed E-state index contributed by atoms with van der Waals surface area (Å²) in [6.07, 6.45) is -1.98. The van der Waals surface area contributed by atoms with Crippen LogP contribution in [0.3, 0.4) is 0 Å². The molecule has 1 aromatic carbocycles. The summed E-state index contributed by atoms with van der Waals surface area (Å²) in [5.74, 6) is -3.10. The van der Waals surface area contributed by atoms with Gasteiger partial charge in [-0.05, 0) is 13.0 Å². The number of methoxy groups -OCH3 is 1. The van der Waals surface area contributed by atoms with E-state index in [0.717, 1.165) is 6.07 Å². The molecule has 4 nitrogen and oxygen atoms in total. The molecule has 0 saturated carbocycles. The van der Waals surface area contributed by atoms with Crippen LogP contribution in [-0.4, -0.2) is 24.8 Å². The molecule has 0 radical (unpaired) electrons. The Hall–Kier alpha value is -1.53. The average molecular weight is 260 g/mol. The molecular weight excluding hydrogens is 246 g/mol. The zero-order valence-corrected chi connectivity index (χ0v) is 10.1. The molecule has 1 unspecified atom stereocenters. The highest BCUT2D eigenvalue weighted by Crippen LogP contribution is 2.25. The number of aliphatic hydroxyl groups is 1. The van der Waals surface area contributed by atoms with Crippen LogP contribution in [0.25, 0.3) is 0 Å². The molecule has 0 aromatic heterocycles. The Labute approximate surface area is 103 Å². The molecule has 0 spiro atoms. The SMILES string of the molecule is CCOC(=O)C(O)c1c(F)ccc(COC)c1F. The van der Waals surface area contributed by atoms with E-state index in [4.69, 9.17) is 4.74 Å². The number of rotatable bonds is 5. The van der Waals surface area contributed by atoms with Crippen LogP contribution in [0.4, 0.5) is 8.78 Å². The smallest absolute Gasteiger partial charge is 0.339 e. The number of ether oxygens (including phenoxy) is 2. The van der Waals surface area contributed by atoms with Gasteiger partial charge in [-0.15, -0.1) is 0 Å². The Bertz CT molecular complexity index is 434. The molecule has 6 heteroatoms. The first kappa shape index (κ1) is 14.5. The molecule has 0 saturated heterocycles. The topological polar surface area (TPSA) is 55.8 Å². The van der Waals surface area contributed by atoms with Crippen molar-refractivity contribution >= 4 is 5.97 Å². The molecule has 0 aliphatic rings. The van der Waals surface area contributed by atoms with E-state index in [2.05, 4.69) is 4.74 Å². The van der Waals surface area contributed by atoms with Crippen LogP contribution in [0.15, 0.2) is 12.1 Å². The predicted octanol–water partition coefficient (Wildman–Crippen LogP) is 1.71. The van der Waals surface area contributed by atoms with Crippen molar-refractivity contribution in [1.82, 2.24) is 0 Å². The first-order valence-electron chi connectivity index (χ1n) is 5.33. The highest BCUT2D eigenvalue weighted by molar-refractivity contribution is 5.76. The standard InChI is InChI=1S/C12H14F2O4/c1-3-18-12(16)11(15)9-8(13)5-4-7(6-17-2)10(9)14/h4-5,11,15H,3,6H2,1-2H3. The number of halogens is 2. The lowest BCUT2D eigenvalue weighted by atomic mass is 10.0. The van der Waals surface area contributed by atoms with Crippen LogP contribution in [0.2, 0.25) is 0 Å². The van der Waals surface area contributed by atoms with Gasteiger partial charge in [-0.25, -0.2) is 13.6 Å². The molecule has 0 bridgehead atoms. The summed E-state index contributed by atoms with van der Waals surface area (Å²) in [6, 6.07) is 2.16. The third-order valence-electron chi connectivity index (χ3n) is 2.29. The summed E-state index contributed by atoms with van der Waals surface area (Å²) in [5.41, 5.74) is -0.666. The van der Waals surface area contributed by atoms with Crippen LogP contribution < -0.4 is 0 Å². The van der Waals surface area contributed by atoms with E-state index in [-0.39, 0.29) is 18.8 Å². The van der Waals surface area contributed by atoms with E-state index < -0.39 is 29.3 Å². The van der Waals surface area contributed by atoms with Crippen molar-refractivity contribution in [2.75, 3.05) is 13.7 Å². The van der Waals surface area contributed by atoms with E-state index in [1.165, 1.54) is 20.1 Å². The van der Waals surface area contributed by atoms with E-state index in [1.807, 2.05) is 0 Å². The van der Waals surface area contributed by atoms with Crippen LogP contribution in [0.1, 0.15) is 24.2 Å². The van der Waals surface area contributed by atoms with Crippen molar-refractivity contribution in [2.24, 2.45) is 0 Å². The Morgan fingerprint density at radius 3 is 2.67 bits per heavy atom. The average Bonchev–Trinajstić information content (AvgIpc) is 2.33. The van der Waals surface area contributed by atoms with E-state index in [9.17, 15) is 18.7 Å². The number of benzene rings is 1. The van der Waals surface area contributed by atoms with E-state index in [1.54, 1.807) is 0 Å². The maximum Gasteiger partial charge on any atom is 0.339 e. The van der Waals surface area contributed by atoms with Crippen LogP contribution in [-0.2, 0) is 20.9 Å². The maximum absolute atomic E-state index is 13.9. The molecule has 0 aliphatic carbocycles. The molecular formula is C12H14F2O4. The van der Waals surface area contributed by atoms with Gasteiger partial charge in [0.15, 0.2) is 6.10 Å². The summed E-state index contributed by atoms with van der Waals surface area (Å²) >= 11 is 0. The number of carbonyl (C=O) groups is 1. The van der Waals surface area contributed by atoms with Crippen LogP contribution in [0.5, 0.6) is 0 Å². The van der Waals surface area contributed by atoms with Gasteiger partial charge in [-0.2, -0.15) is 0 Å². The molecule has 0 aliphatic heterocycles. The molecule has 1 atom stereocenters. The fourth-order valence-corrected chi connectivity index (χ4v) is 1.47. The second-order valence-corrected chi connectivity index (χ2v) is 3.52. The van der Waals surface area contributed by atoms with Crippen LogP contribution in [0, 0.1) is 11.6 Å². The molecule has 0 fully saturated rings. The predicted molar refractivity (Wildman–Crippen MR) is 58.7 cm³/mol. The molecule has 0 amide bonds. The molecule has 1 N–H and O–H groups in total. The molecule has 0 heterocycles. The van der Waals surface area contributed by atoms with Gasteiger partial charge >= 0.3 is 5.97 Å². The third kappa shape index (κ3) is 3.02. The van der Waals surface area contributed by atoms with Crippen molar-refractivity contribution in [1.29, 1.82) is 0 Å². The van der Waals surface area contributed by atoms with Gasteiger partial charge < -0.3 is 14.6 Å². The lowest BCUT2D eigenvalue weighted by Gasteiger charge is -2.13. The van der Waals surface area contributed by atoms with Gasteiger partial charge in [0.25, 0.3) is 0 Å². The third-order valence-corrected chi connectivity index (χ3v) is 2.29. The van der Waals surface area contributed by atoms with Gasteiger partial charge in [0.1, 0.15) is 11.6 Å². The summed E-state index contributed by atoms with van der Waals surface area (Å²) < 4.78 is 36.6. The Kier molecular flexibility index (Phi) is 5.18. The summed E-state index contributed by atoms with van der Waals surface area (Å²) in [7, 11) is 1.35. The summed E-state index contributed by atoms with van der Waals surface area (Å²) in [5, 5.41) is 9.58. The Morgan fingerprint density at radius 2 is 2.11 bits per heavy atom. The van der Waals surface area contributed by atoms with Crippen molar-refractivity contribution in [2.45, 2.75) is 19.6 Å². The monoisotopic (exact) mass is 260 g/mol. The van der Waals surface area contributed by atoms with Gasteiger partial charge in [0.2, 0.25) is 0 Å². The number of hydrogen-bond acceptors (Lipinski definition) is 4. The van der Waals surface area contributed by atoms with Crippen molar-refractivity contribution in [3.63, 3.8) is 0 Å². The van der Waals surface area contributed by atoms with Gasteiger partial charge in [0.05, 0.1) is 18.8 Å². The first-order valence-corrected chi connectivity index (χ1v) is 5.33. The first-order chi connectivity index (χ1) is 8.52. The van der Waals surface area contributed by atoms with Gasteiger partial charge in [-0.3, -0.25) is 0 Å². The fourth-order valence-electron chi connectivity index (χ4n) is 1.47. The lowest BCUT2D eigenvalue weighted by molar-refractivity contribution is -0.153. The fraction of sp³-hybridized carbons (Fsp3) is 0.417. The molecule has 100 valence electrons. The molecule has 1 rings (SSSR count). The van der Waals surface area contributed by atoms with Crippen molar-refractivity contribution in [3.05, 3.63) is 34.9 Å². The quantitative estimate of drug-likeness (QED) is 0.819. The van der Waals surface area contributed by atoms with E-state index in [0.29, 0.717) is 0 Å². The molecule has 1 aromatic rings. The maximum atomic E-state index is 13.9. The number of hydrogen-bond donors (Lipinski definition) is 1. The Balaban J connectivity index is 3.13. The normalized spacial score (nSPS) is 12.3. The second kappa shape index (κ2) is 6.42.